The molecule has 0 radical (unpaired) electrons. The van der Waals surface area contributed by atoms with Crippen molar-refractivity contribution in [2.45, 2.75) is 64.4 Å². The van der Waals surface area contributed by atoms with Crippen molar-refractivity contribution in [1.29, 1.82) is 0 Å². The van der Waals surface area contributed by atoms with E-state index in [9.17, 15) is 9.90 Å². The highest BCUT2D eigenvalue weighted by Gasteiger charge is 2.64. The van der Waals surface area contributed by atoms with Gasteiger partial charge < -0.3 is 5.11 Å². The number of benzene rings is 1. The summed E-state index contributed by atoms with van der Waals surface area (Å²) in [5, 5.41) is 21.0. The Morgan fingerprint density at radius 3 is 2.75 bits per heavy atom. The maximum atomic E-state index is 12.1. The van der Waals surface area contributed by atoms with Crippen LogP contribution in [0.2, 0.25) is 0 Å². The van der Waals surface area contributed by atoms with Crippen molar-refractivity contribution in [2.24, 2.45) is 35.0 Å². The highest BCUT2D eigenvalue weighted by Crippen LogP contribution is 2.68. The smallest absolute Gasteiger partial charge is 0.155 e. The minimum absolute atomic E-state index is 0.189. The Morgan fingerprint density at radius 2 is 1.94 bits per heavy atom. The number of carbonyl (C=O) groups is 1. The molecule has 168 valence electrons. The molecule has 2 aromatic rings. The Hall–Kier alpha value is -2.27. The van der Waals surface area contributed by atoms with E-state index in [1.54, 1.807) is 4.68 Å². The predicted molar refractivity (Wildman–Crippen MR) is 122 cm³/mol. The molecule has 3 saturated carbocycles. The minimum Gasteiger partial charge on any atom is -0.383 e. The summed E-state index contributed by atoms with van der Waals surface area (Å²) in [6.07, 6.45) is 10.6. The molecule has 1 aromatic carbocycles. The number of hydrogen-bond donors (Lipinski definition) is 1. The molecule has 0 bridgehead atoms. The first-order valence-electron chi connectivity index (χ1n) is 12.3. The second-order valence-electron chi connectivity index (χ2n) is 11.1. The topological polar surface area (TPSA) is 68.0 Å². The molecule has 6 rings (SSSR count). The molecule has 5 heteroatoms. The number of aliphatic hydroxyl groups is 1. The fraction of sp³-hybridized carbons (Fsp3) is 0.593. The standard InChI is InChI=1S/C27H33N3O2/c1-17-14-18-15-20(31)8-9-21(18)22-10-12-26(2)23(25(17)22)11-13-27(26,32)24-16-30(29-28-24)19-6-4-3-5-7-19/h3-7,15-17,21-23,25,32H,8-14H2,1-2H3/t17-,21?,22?,23?,25?,26+,27-/m1/s1. The van der Waals surface area contributed by atoms with Gasteiger partial charge in [0.1, 0.15) is 11.3 Å². The van der Waals surface area contributed by atoms with Crippen LogP contribution in [0.4, 0.5) is 0 Å². The molecule has 32 heavy (non-hydrogen) atoms. The zero-order valence-electron chi connectivity index (χ0n) is 19.1. The first-order chi connectivity index (χ1) is 15.4. The highest BCUT2D eigenvalue weighted by atomic mass is 16.3. The van der Waals surface area contributed by atoms with Gasteiger partial charge in [-0.1, -0.05) is 42.8 Å². The molecule has 4 unspecified atom stereocenters. The lowest BCUT2D eigenvalue weighted by Gasteiger charge is -2.57. The van der Waals surface area contributed by atoms with Gasteiger partial charge in [0.25, 0.3) is 0 Å². The molecule has 1 heterocycles. The van der Waals surface area contributed by atoms with Gasteiger partial charge in [0.05, 0.1) is 11.9 Å². The largest absolute Gasteiger partial charge is 0.383 e. The third-order valence-corrected chi connectivity index (χ3v) is 9.73. The number of nitrogens with zero attached hydrogens (tertiary/aromatic N) is 3. The van der Waals surface area contributed by atoms with Crippen LogP contribution in [0.5, 0.6) is 0 Å². The molecule has 1 aromatic heterocycles. The van der Waals surface area contributed by atoms with Crippen LogP contribution in [0.1, 0.15) is 64.5 Å². The minimum atomic E-state index is -0.936. The Kier molecular flexibility index (Phi) is 4.52. The van der Waals surface area contributed by atoms with Gasteiger partial charge in [-0.05, 0) is 86.3 Å². The molecule has 5 nitrogen and oxygen atoms in total. The molecule has 0 spiro atoms. The molecular formula is C27H33N3O2. The van der Waals surface area contributed by atoms with E-state index in [0.717, 1.165) is 49.9 Å². The highest BCUT2D eigenvalue weighted by molar-refractivity contribution is 5.91. The summed E-state index contributed by atoms with van der Waals surface area (Å²) in [6, 6.07) is 9.99. The Balaban J connectivity index is 1.33. The predicted octanol–water partition coefficient (Wildman–Crippen LogP) is 4.84. The van der Waals surface area contributed by atoms with E-state index in [4.69, 9.17) is 0 Å². The van der Waals surface area contributed by atoms with Crippen molar-refractivity contribution < 1.29 is 9.90 Å². The summed E-state index contributed by atoms with van der Waals surface area (Å²) < 4.78 is 1.79. The number of rotatable bonds is 2. The van der Waals surface area contributed by atoms with Gasteiger partial charge in [-0.3, -0.25) is 4.79 Å². The van der Waals surface area contributed by atoms with Crippen LogP contribution in [0.15, 0.2) is 48.2 Å². The zero-order valence-corrected chi connectivity index (χ0v) is 19.1. The third kappa shape index (κ3) is 2.76. The van der Waals surface area contributed by atoms with Crippen molar-refractivity contribution in [3.8, 4) is 5.69 Å². The average molecular weight is 432 g/mol. The van der Waals surface area contributed by atoms with Gasteiger partial charge in [0.15, 0.2) is 5.78 Å². The van der Waals surface area contributed by atoms with E-state index in [2.05, 4.69) is 24.2 Å². The third-order valence-electron chi connectivity index (χ3n) is 9.73. The van der Waals surface area contributed by atoms with Gasteiger partial charge in [-0.2, -0.15) is 0 Å². The normalized spacial score (nSPS) is 40.9. The summed E-state index contributed by atoms with van der Waals surface area (Å²) in [5.74, 6) is 3.20. The fourth-order valence-corrected chi connectivity index (χ4v) is 8.19. The molecule has 4 aliphatic carbocycles. The quantitative estimate of drug-likeness (QED) is 0.739. The summed E-state index contributed by atoms with van der Waals surface area (Å²) in [5.41, 5.74) is 1.97. The van der Waals surface area contributed by atoms with Crippen molar-refractivity contribution in [3.63, 3.8) is 0 Å². The Morgan fingerprint density at radius 1 is 1.12 bits per heavy atom. The van der Waals surface area contributed by atoms with E-state index in [0.29, 0.717) is 41.8 Å². The van der Waals surface area contributed by atoms with Gasteiger partial charge in [-0.25, -0.2) is 4.68 Å². The second kappa shape index (κ2) is 7.11. The molecule has 7 atom stereocenters. The maximum absolute atomic E-state index is 12.1. The molecule has 0 saturated heterocycles. The zero-order chi connectivity index (χ0) is 22.1. The van der Waals surface area contributed by atoms with Gasteiger partial charge in [-0.15, -0.1) is 5.10 Å². The van der Waals surface area contributed by atoms with E-state index < -0.39 is 5.60 Å². The van der Waals surface area contributed by atoms with Gasteiger partial charge in [0.2, 0.25) is 0 Å². The van der Waals surface area contributed by atoms with Crippen molar-refractivity contribution >= 4 is 5.78 Å². The van der Waals surface area contributed by atoms with Crippen molar-refractivity contribution in [2.75, 3.05) is 0 Å². The van der Waals surface area contributed by atoms with E-state index in [1.165, 1.54) is 5.57 Å². The number of carbonyl (C=O) groups excluding carboxylic acids is 1. The molecular weight excluding hydrogens is 398 g/mol. The molecule has 0 aliphatic heterocycles. The van der Waals surface area contributed by atoms with Crippen LogP contribution in [0.3, 0.4) is 0 Å². The number of hydrogen-bond acceptors (Lipinski definition) is 4. The monoisotopic (exact) mass is 431 g/mol. The molecule has 0 amide bonds. The molecule has 4 aliphatic rings. The summed E-state index contributed by atoms with van der Waals surface area (Å²) in [4.78, 5) is 12.0. The first kappa shape index (κ1) is 20.3. The van der Waals surface area contributed by atoms with Crippen LogP contribution in [0.25, 0.3) is 5.69 Å². The number of aromatic nitrogens is 3. The first-order valence-corrected chi connectivity index (χ1v) is 12.3. The Labute approximate surface area is 189 Å². The van der Waals surface area contributed by atoms with Crippen LogP contribution in [-0.4, -0.2) is 25.9 Å². The summed E-state index contributed by atoms with van der Waals surface area (Å²) in [7, 11) is 0. The van der Waals surface area contributed by atoms with Gasteiger partial charge in [0, 0.05) is 11.8 Å². The fourth-order valence-electron chi connectivity index (χ4n) is 8.19. The van der Waals surface area contributed by atoms with Crippen LogP contribution < -0.4 is 0 Å². The van der Waals surface area contributed by atoms with Crippen LogP contribution in [-0.2, 0) is 10.4 Å². The number of fused-ring (bicyclic) bond motifs is 5. The van der Waals surface area contributed by atoms with E-state index >= 15 is 0 Å². The second-order valence-corrected chi connectivity index (χ2v) is 11.1. The van der Waals surface area contributed by atoms with Crippen LogP contribution in [0, 0.1) is 35.0 Å². The van der Waals surface area contributed by atoms with Crippen molar-refractivity contribution in [3.05, 3.63) is 53.9 Å². The van der Waals surface area contributed by atoms with E-state index in [1.807, 2.05) is 42.6 Å². The lowest BCUT2D eigenvalue weighted by atomic mass is 9.48. The number of ketones is 1. The lowest BCUT2D eigenvalue weighted by Crippen LogP contribution is -2.53. The molecule has 1 N–H and O–H groups in total. The van der Waals surface area contributed by atoms with Gasteiger partial charge >= 0.3 is 0 Å². The number of para-hydroxylation sites is 1. The van der Waals surface area contributed by atoms with Crippen molar-refractivity contribution in [1.82, 2.24) is 15.0 Å². The Bertz CT molecular complexity index is 1080. The van der Waals surface area contributed by atoms with Crippen LogP contribution >= 0.6 is 0 Å². The lowest BCUT2D eigenvalue weighted by molar-refractivity contribution is -0.134. The SMILES string of the molecule is C[C@@H]1CC2=CC(=O)CCC2C2CC[C@@]3(C)C(CC[C@@]3(O)c3cn(-c4ccccc4)nn3)C21. The summed E-state index contributed by atoms with van der Waals surface area (Å²) >= 11 is 0. The van der Waals surface area contributed by atoms with E-state index in [-0.39, 0.29) is 5.41 Å². The number of allylic oxidation sites excluding steroid dienone is 1. The maximum Gasteiger partial charge on any atom is 0.155 e. The summed E-state index contributed by atoms with van der Waals surface area (Å²) in [6.45, 7) is 4.69. The molecule has 3 fully saturated rings. The average Bonchev–Trinajstić information content (AvgIpc) is 3.38.